The highest BCUT2D eigenvalue weighted by Gasteiger charge is 2.28. The Hall–Kier alpha value is -0.850. The molecule has 0 aromatic heterocycles. The van der Waals surface area contributed by atoms with Crippen molar-refractivity contribution in [1.82, 2.24) is 15.1 Å². The molecule has 1 atom stereocenters. The largest absolute Gasteiger partial charge is 0.379 e. The Bertz CT molecular complexity index is 326. The highest BCUT2D eigenvalue weighted by atomic mass is 16.5. The third kappa shape index (κ3) is 6.20. The molecule has 1 heterocycles. The van der Waals surface area contributed by atoms with Crippen LogP contribution < -0.4 is 11.1 Å². The Kier molecular flexibility index (Phi) is 6.73. The summed E-state index contributed by atoms with van der Waals surface area (Å²) in [5.74, 6) is 0.577. The van der Waals surface area contributed by atoms with Gasteiger partial charge in [-0.05, 0) is 39.8 Å². The van der Waals surface area contributed by atoms with Crippen molar-refractivity contribution in [3.05, 3.63) is 0 Å². The van der Waals surface area contributed by atoms with Gasteiger partial charge in [-0.15, -0.1) is 0 Å². The predicted molar refractivity (Wildman–Crippen MR) is 86.6 cm³/mol. The molecule has 3 N–H and O–H groups in total. The van der Waals surface area contributed by atoms with Crippen LogP contribution in [0.15, 0.2) is 4.99 Å². The first-order valence-corrected chi connectivity index (χ1v) is 8.22. The third-order valence-electron chi connectivity index (χ3n) is 4.40. The van der Waals surface area contributed by atoms with Crippen LogP contribution in [-0.2, 0) is 4.74 Å². The molecule has 0 aromatic carbocycles. The fourth-order valence-electron chi connectivity index (χ4n) is 2.60. The van der Waals surface area contributed by atoms with E-state index < -0.39 is 0 Å². The number of hydrogen-bond donors (Lipinski definition) is 2. The lowest BCUT2D eigenvalue weighted by Crippen LogP contribution is -2.39. The molecule has 0 amide bonds. The molecule has 1 aliphatic carbocycles. The molecule has 0 spiro atoms. The molecule has 6 nitrogen and oxygen atoms in total. The van der Waals surface area contributed by atoms with Gasteiger partial charge in [-0.2, -0.15) is 0 Å². The Morgan fingerprint density at radius 1 is 1.43 bits per heavy atom. The first-order valence-electron chi connectivity index (χ1n) is 8.22. The zero-order valence-electron chi connectivity index (χ0n) is 13.6. The van der Waals surface area contributed by atoms with Gasteiger partial charge in [0.25, 0.3) is 0 Å². The number of rotatable bonds is 8. The van der Waals surface area contributed by atoms with Gasteiger partial charge in [0.1, 0.15) is 0 Å². The van der Waals surface area contributed by atoms with E-state index in [4.69, 9.17) is 10.5 Å². The zero-order valence-corrected chi connectivity index (χ0v) is 13.6. The summed E-state index contributed by atoms with van der Waals surface area (Å²) in [6, 6.07) is 1.24. The quantitative estimate of drug-likeness (QED) is 0.378. The number of nitrogens with two attached hydrogens (primary N) is 1. The SMILES string of the molecule is CC(CN=C(N)NCCCN1CCOCC1)N(C)C1CC1. The van der Waals surface area contributed by atoms with E-state index in [1.54, 1.807) is 0 Å². The molecule has 0 aromatic rings. The molecule has 1 saturated carbocycles. The van der Waals surface area contributed by atoms with Gasteiger partial charge in [0.05, 0.1) is 19.8 Å². The molecule has 2 aliphatic rings. The molecule has 1 aliphatic heterocycles. The molecular weight excluding hydrogens is 266 g/mol. The summed E-state index contributed by atoms with van der Waals surface area (Å²) in [7, 11) is 2.18. The van der Waals surface area contributed by atoms with Crippen LogP contribution in [0.4, 0.5) is 0 Å². The van der Waals surface area contributed by atoms with Gasteiger partial charge in [-0.3, -0.25) is 14.8 Å². The highest BCUT2D eigenvalue weighted by molar-refractivity contribution is 5.77. The fourth-order valence-corrected chi connectivity index (χ4v) is 2.60. The van der Waals surface area contributed by atoms with Gasteiger partial charge < -0.3 is 15.8 Å². The second kappa shape index (κ2) is 8.56. The zero-order chi connectivity index (χ0) is 15.1. The van der Waals surface area contributed by atoms with E-state index in [1.807, 2.05) is 0 Å². The summed E-state index contributed by atoms with van der Waals surface area (Å²) in [6.07, 6.45) is 3.76. The number of likely N-dealkylation sites (N-methyl/N-ethyl adjacent to an activating group) is 1. The maximum atomic E-state index is 5.92. The normalized spacial score (nSPS) is 22.5. The lowest BCUT2D eigenvalue weighted by Gasteiger charge is -2.26. The summed E-state index contributed by atoms with van der Waals surface area (Å²) in [6.45, 7) is 8.81. The molecule has 0 bridgehead atoms. The van der Waals surface area contributed by atoms with Gasteiger partial charge in [0.15, 0.2) is 5.96 Å². The standard InChI is InChI=1S/C15H31N5O/c1-13(19(2)14-4-5-14)12-18-15(16)17-6-3-7-20-8-10-21-11-9-20/h13-14H,3-12H2,1-2H3,(H3,16,17,18). The van der Waals surface area contributed by atoms with Gasteiger partial charge >= 0.3 is 0 Å². The van der Waals surface area contributed by atoms with Gasteiger partial charge in [0.2, 0.25) is 0 Å². The Labute approximate surface area is 128 Å². The number of nitrogens with zero attached hydrogens (tertiary/aromatic N) is 3. The predicted octanol–water partition coefficient (Wildman–Crippen LogP) is 0.0957. The van der Waals surface area contributed by atoms with Crippen molar-refractivity contribution in [2.45, 2.75) is 38.3 Å². The monoisotopic (exact) mass is 297 g/mol. The van der Waals surface area contributed by atoms with Crippen molar-refractivity contribution < 1.29 is 4.74 Å². The maximum Gasteiger partial charge on any atom is 0.188 e. The van der Waals surface area contributed by atoms with Gasteiger partial charge in [-0.25, -0.2) is 0 Å². The molecule has 6 heteroatoms. The molecule has 2 rings (SSSR count). The van der Waals surface area contributed by atoms with E-state index in [0.29, 0.717) is 12.0 Å². The van der Waals surface area contributed by atoms with Crippen molar-refractivity contribution >= 4 is 5.96 Å². The highest BCUT2D eigenvalue weighted by Crippen LogP contribution is 2.26. The van der Waals surface area contributed by atoms with Crippen LogP contribution in [0.2, 0.25) is 0 Å². The maximum absolute atomic E-state index is 5.92. The third-order valence-corrected chi connectivity index (χ3v) is 4.40. The van der Waals surface area contributed by atoms with Crippen LogP contribution in [-0.4, -0.2) is 80.8 Å². The van der Waals surface area contributed by atoms with Gasteiger partial charge in [0, 0.05) is 31.7 Å². The van der Waals surface area contributed by atoms with Crippen LogP contribution >= 0.6 is 0 Å². The Morgan fingerprint density at radius 2 is 2.14 bits per heavy atom. The molecule has 0 radical (unpaired) electrons. The van der Waals surface area contributed by atoms with Crippen LogP contribution in [0.25, 0.3) is 0 Å². The first kappa shape index (κ1) is 16.5. The summed E-state index contributed by atoms with van der Waals surface area (Å²) in [5.41, 5.74) is 5.92. The van der Waals surface area contributed by atoms with Crippen LogP contribution in [0.1, 0.15) is 26.2 Å². The lowest BCUT2D eigenvalue weighted by atomic mass is 10.3. The average molecular weight is 297 g/mol. The minimum absolute atomic E-state index is 0.464. The van der Waals surface area contributed by atoms with E-state index >= 15 is 0 Å². The molecule has 122 valence electrons. The molecule has 1 saturated heterocycles. The average Bonchev–Trinajstić information content (AvgIpc) is 3.34. The minimum atomic E-state index is 0.464. The second-order valence-electron chi connectivity index (χ2n) is 6.21. The molecule has 21 heavy (non-hydrogen) atoms. The minimum Gasteiger partial charge on any atom is -0.379 e. The summed E-state index contributed by atoms with van der Waals surface area (Å²) < 4.78 is 5.34. The second-order valence-corrected chi connectivity index (χ2v) is 6.21. The number of nitrogens with one attached hydrogen (secondary N) is 1. The van der Waals surface area contributed by atoms with Crippen molar-refractivity contribution in [1.29, 1.82) is 0 Å². The number of hydrogen-bond acceptors (Lipinski definition) is 4. The van der Waals surface area contributed by atoms with Crippen molar-refractivity contribution in [2.75, 3.05) is 53.0 Å². The molecule has 1 unspecified atom stereocenters. The number of morpholine rings is 1. The first-order chi connectivity index (χ1) is 10.2. The van der Waals surface area contributed by atoms with E-state index in [-0.39, 0.29) is 0 Å². The van der Waals surface area contributed by atoms with Crippen LogP contribution in [0.3, 0.4) is 0 Å². The van der Waals surface area contributed by atoms with E-state index in [1.165, 1.54) is 12.8 Å². The van der Waals surface area contributed by atoms with Crippen molar-refractivity contribution in [2.24, 2.45) is 10.7 Å². The number of aliphatic imine (C=N–C) groups is 1. The Balaban J connectivity index is 1.53. The van der Waals surface area contributed by atoms with Crippen LogP contribution in [0, 0.1) is 0 Å². The van der Waals surface area contributed by atoms with Crippen LogP contribution in [0.5, 0.6) is 0 Å². The molecule has 2 fully saturated rings. The fraction of sp³-hybridized carbons (Fsp3) is 0.933. The number of ether oxygens (including phenoxy) is 1. The topological polar surface area (TPSA) is 66.1 Å². The summed E-state index contributed by atoms with van der Waals surface area (Å²) in [4.78, 5) is 9.30. The van der Waals surface area contributed by atoms with E-state index in [9.17, 15) is 0 Å². The summed E-state index contributed by atoms with van der Waals surface area (Å²) in [5, 5.41) is 3.21. The van der Waals surface area contributed by atoms with E-state index in [2.05, 4.69) is 34.1 Å². The lowest BCUT2D eigenvalue weighted by molar-refractivity contribution is 0.0376. The Morgan fingerprint density at radius 3 is 2.81 bits per heavy atom. The number of guanidine groups is 1. The van der Waals surface area contributed by atoms with Crippen molar-refractivity contribution in [3.8, 4) is 0 Å². The smallest absolute Gasteiger partial charge is 0.188 e. The van der Waals surface area contributed by atoms with Crippen molar-refractivity contribution in [3.63, 3.8) is 0 Å². The molecular formula is C15H31N5O. The summed E-state index contributed by atoms with van der Waals surface area (Å²) >= 11 is 0. The van der Waals surface area contributed by atoms with Gasteiger partial charge in [-0.1, -0.05) is 0 Å². The van der Waals surface area contributed by atoms with E-state index in [0.717, 1.165) is 58.4 Å².